The smallest absolute Gasteiger partial charge is 0.0981 e. The maximum absolute atomic E-state index is 9.11. The van der Waals surface area contributed by atoms with Crippen LogP contribution in [0.1, 0.15) is 38.5 Å². The number of hydrogen-bond acceptors (Lipinski definition) is 3. The molecule has 0 radical (unpaired) electrons. The predicted octanol–water partition coefficient (Wildman–Crippen LogP) is 2.75. The van der Waals surface area contributed by atoms with E-state index < -0.39 is 0 Å². The zero-order valence-electron chi connectivity index (χ0n) is 9.60. The minimum atomic E-state index is -0.0769. The fourth-order valence-electron chi connectivity index (χ4n) is 2.28. The van der Waals surface area contributed by atoms with Gasteiger partial charge in [0.2, 0.25) is 0 Å². The summed E-state index contributed by atoms with van der Waals surface area (Å²) in [5.41, 5.74) is 8.14. The normalized spacial score (nSPS) is 19.2. The van der Waals surface area contributed by atoms with Gasteiger partial charge in [0.15, 0.2) is 0 Å². The van der Waals surface area contributed by atoms with Crippen LogP contribution in [0.2, 0.25) is 0 Å². The van der Waals surface area contributed by atoms with Crippen molar-refractivity contribution in [3.63, 3.8) is 0 Å². The van der Waals surface area contributed by atoms with Gasteiger partial charge in [-0.1, -0.05) is 30.8 Å². The van der Waals surface area contributed by atoms with Gasteiger partial charge in [-0.2, -0.15) is 5.26 Å². The monoisotopic (exact) mass is 221 g/mol. The zero-order valence-corrected chi connectivity index (χ0v) is 9.60. The molecule has 1 saturated carbocycles. The number of nitriles is 1. The van der Waals surface area contributed by atoms with Crippen LogP contribution >= 0.6 is 0 Å². The molecule has 0 aliphatic heterocycles. The summed E-state index contributed by atoms with van der Waals surface area (Å²) in [6.45, 7) is 1.01. The Labute approximate surface area is 96.5 Å². The Kier molecular flexibility index (Phi) is 6.39. The summed E-state index contributed by atoms with van der Waals surface area (Å²) in [6.07, 6.45) is 7.36. The summed E-state index contributed by atoms with van der Waals surface area (Å²) in [5, 5.41) is 15.7. The van der Waals surface area contributed by atoms with E-state index in [1.807, 2.05) is 0 Å². The third kappa shape index (κ3) is 4.52. The van der Waals surface area contributed by atoms with Crippen molar-refractivity contribution in [2.45, 2.75) is 44.6 Å². The summed E-state index contributed by atoms with van der Waals surface area (Å²) in [6, 6.07) is 2.25. The summed E-state index contributed by atoms with van der Waals surface area (Å²) >= 11 is 0. The zero-order chi connectivity index (χ0) is 11.6. The highest BCUT2D eigenvalue weighted by Crippen LogP contribution is 2.25. The van der Waals surface area contributed by atoms with E-state index >= 15 is 0 Å². The molecule has 1 N–H and O–H groups in total. The Morgan fingerprint density at radius 1 is 1.38 bits per heavy atom. The van der Waals surface area contributed by atoms with Crippen LogP contribution in [0.3, 0.4) is 0 Å². The molecule has 0 amide bonds. The van der Waals surface area contributed by atoms with Crippen molar-refractivity contribution < 1.29 is 0 Å². The summed E-state index contributed by atoms with van der Waals surface area (Å²) < 4.78 is 0. The number of azide groups is 1. The van der Waals surface area contributed by atoms with Crippen molar-refractivity contribution in [3.05, 3.63) is 10.4 Å². The lowest BCUT2D eigenvalue weighted by Crippen LogP contribution is -2.36. The van der Waals surface area contributed by atoms with Gasteiger partial charge in [0.05, 0.1) is 12.1 Å². The number of hydrogen-bond donors (Lipinski definition) is 1. The van der Waals surface area contributed by atoms with E-state index in [0.717, 1.165) is 12.8 Å². The van der Waals surface area contributed by atoms with Crippen LogP contribution in [0.15, 0.2) is 5.11 Å². The maximum atomic E-state index is 9.11. The maximum Gasteiger partial charge on any atom is 0.0981 e. The number of nitrogens with zero attached hydrogens (tertiary/aromatic N) is 4. The van der Waals surface area contributed by atoms with Crippen molar-refractivity contribution in [2.24, 2.45) is 11.0 Å². The number of rotatable bonds is 5. The largest absolute Gasteiger partial charge is 0.302 e. The van der Waals surface area contributed by atoms with Crippen molar-refractivity contribution in [3.8, 4) is 6.07 Å². The second-order valence-electron chi connectivity index (χ2n) is 4.27. The second kappa shape index (κ2) is 7.98. The van der Waals surface area contributed by atoms with Crippen LogP contribution in [0.25, 0.3) is 10.4 Å². The van der Waals surface area contributed by atoms with Gasteiger partial charge in [-0.15, -0.1) is 0 Å². The molecule has 88 valence electrons. The molecule has 0 aromatic heterocycles. The minimum absolute atomic E-state index is 0.0769. The molecule has 1 rings (SSSR count). The average molecular weight is 221 g/mol. The van der Waals surface area contributed by atoms with E-state index in [1.54, 1.807) is 0 Å². The predicted molar refractivity (Wildman–Crippen MR) is 62.6 cm³/mol. The molecule has 16 heavy (non-hydrogen) atoms. The topological polar surface area (TPSA) is 84.6 Å². The third-order valence-electron chi connectivity index (χ3n) is 3.15. The fourth-order valence-corrected chi connectivity index (χ4v) is 2.28. The van der Waals surface area contributed by atoms with Gasteiger partial charge in [0.25, 0.3) is 0 Å². The third-order valence-corrected chi connectivity index (χ3v) is 3.15. The summed E-state index contributed by atoms with van der Waals surface area (Å²) in [5.74, 6) is 0.471. The molecular formula is C11H19N5. The molecule has 5 nitrogen and oxygen atoms in total. The van der Waals surface area contributed by atoms with Crippen LogP contribution < -0.4 is 5.32 Å². The first-order valence-electron chi connectivity index (χ1n) is 6.02. The molecular weight excluding hydrogens is 202 g/mol. The van der Waals surface area contributed by atoms with Gasteiger partial charge in [0.1, 0.15) is 0 Å². The lowest BCUT2D eigenvalue weighted by atomic mass is 9.93. The highest BCUT2D eigenvalue weighted by molar-refractivity contribution is 4.95. The molecule has 1 atom stereocenters. The molecule has 5 heteroatoms. The van der Waals surface area contributed by atoms with Gasteiger partial charge in [-0.3, -0.25) is 0 Å². The Hall–Kier alpha value is -1.24. The van der Waals surface area contributed by atoms with Crippen LogP contribution in [-0.2, 0) is 0 Å². The van der Waals surface area contributed by atoms with Gasteiger partial charge in [-0.25, -0.2) is 0 Å². The molecule has 0 bridgehead atoms. The molecule has 1 unspecified atom stereocenters. The molecule has 0 aromatic rings. The van der Waals surface area contributed by atoms with Crippen LogP contribution in [0.4, 0.5) is 0 Å². The van der Waals surface area contributed by atoms with Gasteiger partial charge in [0, 0.05) is 18.0 Å². The molecule has 0 saturated heterocycles. The summed E-state index contributed by atoms with van der Waals surface area (Å²) in [7, 11) is 0. The van der Waals surface area contributed by atoms with Crippen molar-refractivity contribution >= 4 is 0 Å². The molecule has 1 aliphatic carbocycles. The average Bonchev–Trinajstić information content (AvgIpc) is 2.58. The van der Waals surface area contributed by atoms with E-state index in [0.29, 0.717) is 19.0 Å². The Morgan fingerprint density at radius 3 is 2.62 bits per heavy atom. The van der Waals surface area contributed by atoms with Crippen molar-refractivity contribution in [1.29, 1.82) is 5.26 Å². The van der Waals surface area contributed by atoms with Gasteiger partial charge >= 0.3 is 0 Å². The van der Waals surface area contributed by atoms with E-state index in [-0.39, 0.29) is 6.04 Å². The van der Waals surface area contributed by atoms with Crippen molar-refractivity contribution in [2.75, 3.05) is 13.1 Å². The lowest BCUT2D eigenvalue weighted by Gasteiger charge is -2.20. The highest BCUT2D eigenvalue weighted by Gasteiger charge is 2.21. The first-order chi connectivity index (χ1) is 7.88. The molecule has 0 heterocycles. The molecule has 0 spiro atoms. The van der Waals surface area contributed by atoms with E-state index in [2.05, 4.69) is 21.4 Å². The van der Waals surface area contributed by atoms with E-state index in [4.69, 9.17) is 10.8 Å². The first kappa shape index (κ1) is 12.8. The quantitative estimate of drug-likeness (QED) is 0.254. The van der Waals surface area contributed by atoms with Crippen LogP contribution in [-0.4, -0.2) is 19.1 Å². The highest BCUT2D eigenvalue weighted by atomic mass is 15.1. The Morgan fingerprint density at radius 2 is 2.06 bits per heavy atom. The van der Waals surface area contributed by atoms with Crippen LogP contribution in [0, 0.1) is 17.2 Å². The minimum Gasteiger partial charge on any atom is -0.302 e. The van der Waals surface area contributed by atoms with Crippen LogP contribution in [0.5, 0.6) is 0 Å². The fraction of sp³-hybridized carbons (Fsp3) is 0.909. The Balaban J connectivity index is 2.33. The standard InChI is InChI=1S/C11H19N5/c12-9-11(14-7-8-15-16-13)10-5-3-1-2-4-6-10/h10-11,14H,1-8H2. The SMILES string of the molecule is N#CC(NCCN=[N+]=[N-])C1CCCCCC1. The molecule has 0 aromatic carbocycles. The van der Waals surface area contributed by atoms with E-state index in [9.17, 15) is 0 Å². The number of nitrogens with one attached hydrogen (secondary N) is 1. The van der Waals surface area contributed by atoms with Gasteiger partial charge < -0.3 is 5.32 Å². The first-order valence-corrected chi connectivity index (χ1v) is 6.02. The lowest BCUT2D eigenvalue weighted by molar-refractivity contribution is 0.373. The van der Waals surface area contributed by atoms with Crippen molar-refractivity contribution in [1.82, 2.24) is 5.32 Å². The van der Waals surface area contributed by atoms with E-state index in [1.165, 1.54) is 25.7 Å². The molecule has 1 aliphatic rings. The van der Waals surface area contributed by atoms with Gasteiger partial charge in [-0.05, 0) is 24.3 Å². The molecule has 1 fully saturated rings. The second-order valence-corrected chi connectivity index (χ2v) is 4.27. The Bertz CT molecular complexity index is 269. The summed E-state index contributed by atoms with van der Waals surface area (Å²) in [4.78, 5) is 2.69.